The van der Waals surface area contributed by atoms with Gasteiger partial charge in [0.2, 0.25) is 0 Å². The number of imidazole rings is 1. The number of nitrogens with one attached hydrogen (secondary N) is 2. The van der Waals surface area contributed by atoms with Crippen LogP contribution < -0.4 is 5.32 Å². The van der Waals surface area contributed by atoms with Gasteiger partial charge in [-0.2, -0.15) is 0 Å². The number of aromatic nitrogens is 3. The predicted octanol–water partition coefficient (Wildman–Crippen LogP) is 4.40. The molecule has 0 saturated heterocycles. The number of amides is 1. The van der Waals surface area contributed by atoms with E-state index in [2.05, 4.69) is 20.4 Å². The summed E-state index contributed by atoms with van der Waals surface area (Å²) in [6, 6.07) is 17.1. The highest BCUT2D eigenvalue weighted by molar-refractivity contribution is 7.98. The number of para-hydroxylation sites is 2. The molecule has 0 radical (unpaired) electrons. The lowest BCUT2D eigenvalue weighted by molar-refractivity contribution is 0.102. The van der Waals surface area contributed by atoms with Crippen molar-refractivity contribution in [2.24, 2.45) is 0 Å². The largest absolute Gasteiger partial charge is 0.360 e. The zero-order chi connectivity index (χ0) is 17.9. The third-order valence-corrected chi connectivity index (χ3v) is 4.77. The molecule has 0 bridgehead atoms. The maximum atomic E-state index is 12.2. The first-order chi connectivity index (χ1) is 12.7. The third kappa shape index (κ3) is 3.62. The molecule has 2 aromatic heterocycles. The van der Waals surface area contributed by atoms with Crippen LogP contribution in [0.15, 0.2) is 64.3 Å². The molecule has 0 atom stereocenters. The summed E-state index contributed by atoms with van der Waals surface area (Å²) in [5.74, 6) is 1.62. The van der Waals surface area contributed by atoms with Crippen molar-refractivity contribution in [2.45, 2.75) is 17.8 Å². The Morgan fingerprint density at radius 1 is 1.19 bits per heavy atom. The van der Waals surface area contributed by atoms with Crippen LogP contribution in [-0.4, -0.2) is 21.0 Å². The molecule has 1 amide bonds. The van der Waals surface area contributed by atoms with E-state index in [1.807, 2.05) is 36.4 Å². The van der Waals surface area contributed by atoms with Crippen LogP contribution in [-0.2, 0) is 5.75 Å². The number of benzene rings is 2. The Balaban J connectivity index is 1.38. The molecule has 0 saturated carbocycles. The van der Waals surface area contributed by atoms with Gasteiger partial charge in [0, 0.05) is 17.4 Å². The standard InChI is InChI=1S/C19H16N4O2S/c1-12-10-17(23-25-12)22-18(24)14-8-6-13(7-9-14)11-26-19-20-15-4-2-3-5-16(15)21-19/h2-10H,11H2,1H3,(H,20,21)(H,22,23,24). The van der Waals surface area contributed by atoms with Gasteiger partial charge in [0.15, 0.2) is 11.0 Å². The lowest BCUT2D eigenvalue weighted by atomic mass is 10.1. The van der Waals surface area contributed by atoms with Gasteiger partial charge >= 0.3 is 0 Å². The van der Waals surface area contributed by atoms with Gasteiger partial charge in [-0.1, -0.05) is 41.2 Å². The molecular formula is C19H16N4O2S. The minimum atomic E-state index is -0.213. The number of hydrogen-bond donors (Lipinski definition) is 2. The Labute approximate surface area is 154 Å². The molecule has 0 unspecified atom stereocenters. The number of fused-ring (bicyclic) bond motifs is 1. The zero-order valence-electron chi connectivity index (χ0n) is 14.0. The van der Waals surface area contributed by atoms with Gasteiger partial charge in [0.1, 0.15) is 5.76 Å². The minimum Gasteiger partial charge on any atom is -0.360 e. The first-order valence-electron chi connectivity index (χ1n) is 8.08. The molecule has 2 N–H and O–H groups in total. The van der Waals surface area contributed by atoms with Gasteiger partial charge < -0.3 is 14.8 Å². The van der Waals surface area contributed by atoms with Gasteiger partial charge in [0.25, 0.3) is 5.91 Å². The lowest BCUT2D eigenvalue weighted by Crippen LogP contribution is -2.11. The van der Waals surface area contributed by atoms with Crippen molar-refractivity contribution in [3.8, 4) is 0 Å². The number of rotatable bonds is 5. The summed E-state index contributed by atoms with van der Waals surface area (Å²) in [5, 5.41) is 7.35. The number of carbonyl (C=O) groups is 1. The Hall–Kier alpha value is -3.06. The number of H-pyrrole nitrogens is 1. The fourth-order valence-corrected chi connectivity index (χ4v) is 3.36. The molecule has 0 fully saturated rings. The number of thioether (sulfide) groups is 1. The first-order valence-corrected chi connectivity index (χ1v) is 9.07. The monoisotopic (exact) mass is 364 g/mol. The molecule has 7 heteroatoms. The molecule has 6 nitrogen and oxygen atoms in total. The van der Waals surface area contributed by atoms with Crippen LogP contribution in [0.4, 0.5) is 5.82 Å². The van der Waals surface area contributed by atoms with Gasteiger partial charge in [-0.05, 0) is 36.8 Å². The molecule has 0 aliphatic rings. The topological polar surface area (TPSA) is 83.8 Å². The van der Waals surface area contributed by atoms with E-state index < -0.39 is 0 Å². The van der Waals surface area contributed by atoms with Crippen LogP contribution in [0, 0.1) is 6.92 Å². The Morgan fingerprint density at radius 3 is 2.73 bits per heavy atom. The van der Waals surface area contributed by atoms with Crippen LogP contribution >= 0.6 is 11.8 Å². The second kappa shape index (κ2) is 7.05. The van der Waals surface area contributed by atoms with Gasteiger partial charge in [-0.25, -0.2) is 4.98 Å². The molecule has 26 heavy (non-hydrogen) atoms. The second-order valence-electron chi connectivity index (χ2n) is 5.82. The zero-order valence-corrected chi connectivity index (χ0v) is 14.8. The summed E-state index contributed by atoms with van der Waals surface area (Å²) in [5.41, 5.74) is 3.68. The van der Waals surface area contributed by atoms with Gasteiger partial charge in [0.05, 0.1) is 11.0 Å². The van der Waals surface area contributed by atoms with Crippen molar-refractivity contribution >= 4 is 34.5 Å². The lowest BCUT2D eigenvalue weighted by Gasteiger charge is -2.03. The van der Waals surface area contributed by atoms with Crippen molar-refractivity contribution in [2.75, 3.05) is 5.32 Å². The van der Waals surface area contributed by atoms with Crippen molar-refractivity contribution in [1.82, 2.24) is 15.1 Å². The highest BCUT2D eigenvalue weighted by atomic mass is 32.2. The Kier molecular flexibility index (Phi) is 4.45. The van der Waals surface area contributed by atoms with E-state index >= 15 is 0 Å². The molecule has 130 valence electrons. The first kappa shape index (κ1) is 16.4. The summed E-state index contributed by atoms with van der Waals surface area (Å²) >= 11 is 1.63. The van der Waals surface area contributed by atoms with E-state index in [0.717, 1.165) is 27.5 Å². The normalized spacial score (nSPS) is 11.0. The quantitative estimate of drug-likeness (QED) is 0.513. The van der Waals surface area contributed by atoms with Crippen LogP contribution in [0.25, 0.3) is 11.0 Å². The SMILES string of the molecule is Cc1cc(NC(=O)c2ccc(CSc3nc4ccccc4[nH]3)cc2)no1. The number of carbonyl (C=O) groups excluding carboxylic acids is 1. The second-order valence-corrected chi connectivity index (χ2v) is 6.79. The molecule has 2 heterocycles. The molecule has 0 aliphatic carbocycles. The molecule has 0 spiro atoms. The van der Waals surface area contributed by atoms with Gasteiger partial charge in [-0.3, -0.25) is 4.79 Å². The smallest absolute Gasteiger partial charge is 0.256 e. The van der Waals surface area contributed by atoms with Crippen molar-refractivity contribution in [1.29, 1.82) is 0 Å². The molecule has 4 aromatic rings. The van der Waals surface area contributed by atoms with E-state index in [1.54, 1.807) is 36.9 Å². The number of aromatic amines is 1. The van der Waals surface area contributed by atoms with E-state index in [-0.39, 0.29) is 5.91 Å². The average molecular weight is 364 g/mol. The highest BCUT2D eigenvalue weighted by Gasteiger charge is 2.09. The number of anilines is 1. The van der Waals surface area contributed by atoms with E-state index in [1.165, 1.54) is 0 Å². The van der Waals surface area contributed by atoms with Crippen molar-refractivity contribution in [3.63, 3.8) is 0 Å². The maximum absolute atomic E-state index is 12.2. The summed E-state index contributed by atoms with van der Waals surface area (Å²) < 4.78 is 4.94. The Morgan fingerprint density at radius 2 is 2.00 bits per heavy atom. The van der Waals surface area contributed by atoms with Crippen LogP contribution in [0.2, 0.25) is 0 Å². The average Bonchev–Trinajstić information content (AvgIpc) is 3.25. The number of aryl methyl sites for hydroxylation is 1. The van der Waals surface area contributed by atoms with E-state index in [9.17, 15) is 4.79 Å². The van der Waals surface area contributed by atoms with E-state index in [0.29, 0.717) is 17.1 Å². The van der Waals surface area contributed by atoms with E-state index in [4.69, 9.17) is 4.52 Å². The summed E-state index contributed by atoms with van der Waals surface area (Å²) in [4.78, 5) is 20.0. The molecule has 2 aromatic carbocycles. The van der Waals surface area contributed by atoms with Crippen molar-refractivity contribution in [3.05, 3.63) is 71.5 Å². The highest BCUT2D eigenvalue weighted by Crippen LogP contribution is 2.23. The third-order valence-electron chi connectivity index (χ3n) is 3.83. The summed E-state index contributed by atoms with van der Waals surface area (Å²) in [6.45, 7) is 1.77. The van der Waals surface area contributed by atoms with Crippen LogP contribution in [0.5, 0.6) is 0 Å². The summed E-state index contributed by atoms with van der Waals surface area (Å²) in [6.07, 6.45) is 0. The summed E-state index contributed by atoms with van der Waals surface area (Å²) in [7, 11) is 0. The predicted molar refractivity (Wildman–Crippen MR) is 101 cm³/mol. The molecular weight excluding hydrogens is 348 g/mol. The molecule has 0 aliphatic heterocycles. The maximum Gasteiger partial charge on any atom is 0.256 e. The Bertz CT molecular complexity index is 1020. The number of hydrogen-bond acceptors (Lipinski definition) is 5. The van der Waals surface area contributed by atoms with Crippen LogP contribution in [0.3, 0.4) is 0 Å². The molecule has 4 rings (SSSR count). The van der Waals surface area contributed by atoms with Crippen LogP contribution in [0.1, 0.15) is 21.7 Å². The number of nitrogens with zero attached hydrogens (tertiary/aromatic N) is 2. The minimum absolute atomic E-state index is 0.213. The van der Waals surface area contributed by atoms with Crippen molar-refractivity contribution < 1.29 is 9.32 Å². The fraction of sp³-hybridized carbons (Fsp3) is 0.105. The van der Waals surface area contributed by atoms with Gasteiger partial charge in [-0.15, -0.1) is 0 Å². The fourth-order valence-electron chi connectivity index (χ4n) is 2.52.